The van der Waals surface area contributed by atoms with E-state index in [4.69, 9.17) is 4.74 Å². The number of nitrogens with one attached hydrogen (secondary N) is 1. The van der Waals surface area contributed by atoms with Gasteiger partial charge in [0, 0.05) is 6.04 Å². The zero-order valence-corrected chi connectivity index (χ0v) is 17.4. The number of hydrogen-bond acceptors (Lipinski definition) is 3. The molecule has 2 unspecified atom stereocenters. The molecule has 30 heavy (non-hydrogen) atoms. The van der Waals surface area contributed by atoms with Gasteiger partial charge in [-0.1, -0.05) is 44.2 Å². The lowest BCUT2D eigenvalue weighted by atomic mass is 9.89. The summed E-state index contributed by atoms with van der Waals surface area (Å²) >= 11 is 0. The monoisotopic (exact) mass is 414 g/mol. The third-order valence-corrected chi connectivity index (χ3v) is 6.50. The molecule has 3 aliphatic rings. The highest BCUT2D eigenvalue weighted by molar-refractivity contribution is 5.98. The summed E-state index contributed by atoms with van der Waals surface area (Å²) in [7, 11) is 0. The number of ether oxygens (including phenoxy) is 1. The SMILES string of the molecule is O=C(CN1C(=O)/C(=C\c2cccc(F)c2)OC2CCCCC21)NC1CCCCCC1. The maximum Gasteiger partial charge on any atom is 0.289 e. The van der Waals surface area contributed by atoms with Gasteiger partial charge in [0.15, 0.2) is 5.76 Å². The maximum absolute atomic E-state index is 13.6. The molecule has 2 amide bonds. The molecule has 0 aromatic heterocycles. The van der Waals surface area contributed by atoms with Gasteiger partial charge >= 0.3 is 0 Å². The van der Waals surface area contributed by atoms with Crippen LogP contribution in [0.5, 0.6) is 0 Å². The molecule has 3 fully saturated rings. The van der Waals surface area contributed by atoms with Gasteiger partial charge in [0.1, 0.15) is 18.5 Å². The van der Waals surface area contributed by atoms with Gasteiger partial charge in [-0.2, -0.15) is 0 Å². The summed E-state index contributed by atoms with van der Waals surface area (Å²) in [6.07, 6.45) is 12.0. The smallest absolute Gasteiger partial charge is 0.289 e. The van der Waals surface area contributed by atoms with Crippen LogP contribution < -0.4 is 5.32 Å². The van der Waals surface area contributed by atoms with E-state index in [9.17, 15) is 14.0 Å². The van der Waals surface area contributed by atoms with Crippen LogP contribution in [0.4, 0.5) is 4.39 Å². The van der Waals surface area contributed by atoms with E-state index in [-0.39, 0.29) is 48.1 Å². The van der Waals surface area contributed by atoms with Crippen LogP contribution in [0.15, 0.2) is 30.0 Å². The van der Waals surface area contributed by atoms with Gasteiger partial charge < -0.3 is 15.0 Å². The lowest BCUT2D eigenvalue weighted by molar-refractivity contribution is -0.152. The number of benzene rings is 1. The van der Waals surface area contributed by atoms with Gasteiger partial charge in [-0.15, -0.1) is 0 Å². The van der Waals surface area contributed by atoms with Crippen molar-refractivity contribution in [1.29, 1.82) is 0 Å². The minimum atomic E-state index is -0.359. The third-order valence-electron chi connectivity index (χ3n) is 6.50. The Hall–Kier alpha value is -2.37. The van der Waals surface area contributed by atoms with Gasteiger partial charge in [0.05, 0.1) is 6.04 Å². The predicted octanol–water partition coefficient (Wildman–Crippen LogP) is 4.18. The Kier molecular flexibility index (Phi) is 6.70. The second-order valence-corrected chi connectivity index (χ2v) is 8.76. The summed E-state index contributed by atoms with van der Waals surface area (Å²) in [5.74, 6) is -0.529. The summed E-state index contributed by atoms with van der Waals surface area (Å²) in [4.78, 5) is 27.7. The predicted molar refractivity (Wildman–Crippen MR) is 113 cm³/mol. The van der Waals surface area contributed by atoms with E-state index in [0.717, 1.165) is 51.4 Å². The van der Waals surface area contributed by atoms with Crippen molar-refractivity contribution in [2.45, 2.75) is 82.4 Å². The van der Waals surface area contributed by atoms with Crippen LogP contribution in [0.1, 0.15) is 69.8 Å². The van der Waals surface area contributed by atoms with Crippen molar-refractivity contribution in [3.63, 3.8) is 0 Å². The topological polar surface area (TPSA) is 58.6 Å². The second-order valence-electron chi connectivity index (χ2n) is 8.76. The number of carbonyl (C=O) groups is 2. The molecule has 1 aliphatic heterocycles. The number of rotatable bonds is 4. The standard InChI is InChI=1S/C24H31FN2O3/c25-18-9-7-8-17(14-18)15-22-24(29)27(20-12-5-6-13-21(20)30-22)16-23(28)26-19-10-3-1-2-4-11-19/h7-9,14-15,19-21H,1-6,10-13,16H2,(H,26,28)/b22-15+. The summed E-state index contributed by atoms with van der Waals surface area (Å²) in [5.41, 5.74) is 0.579. The molecule has 6 heteroatoms. The van der Waals surface area contributed by atoms with Crippen molar-refractivity contribution in [3.05, 3.63) is 41.4 Å². The Morgan fingerprint density at radius 2 is 1.83 bits per heavy atom. The highest BCUT2D eigenvalue weighted by Crippen LogP contribution is 2.33. The van der Waals surface area contributed by atoms with Gasteiger partial charge in [-0.05, 0) is 55.9 Å². The van der Waals surface area contributed by atoms with Crippen LogP contribution in [0.25, 0.3) is 6.08 Å². The normalized spacial score (nSPS) is 26.6. The van der Waals surface area contributed by atoms with E-state index in [1.165, 1.54) is 25.0 Å². The molecule has 1 N–H and O–H groups in total. The van der Waals surface area contributed by atoms with E-state index in [2.05, 4.69) is 5.32 Å². The highest BCUT2D eigenvalue weighted by atomic mass is 19.1. The number of fused-ring (bicyclic) bond motifs is 1. The van der Waals surface area contributed by atoms with Gasteiger partial charge in [-0.25, -0.2) is 4.39 Å². The molecule has 5 nitrogen and oxygen atoms in total. The molecular weight excluding hydrogens is 383 g/mol. The number of amides is 2. The van der Waals surface area contributed by atoms with Crippen LogP contribution in [0.3, 0.4) is 0 Å². The van der Waals surface area contributed by atoms with Crippen molar-refractivity contribution in [3.8, 4) is 0 Å². The number of carbonyl (C=O) groups excluding carboxylic acids is 2. The zero-order valence-electron chi connectivity index (χ0n) is 17.4. The lowest BCUT2D eigenvalue weighted by Gasteiger charge is -2.44. The molecule has 1 aromatic carbocycles. The lowest BCUT2D eigenvalue weighted by Crippen LogP contribution is -2.57. The Morgan fingerprint density at radius 3 is 2.60 bits per heavy atom. The number of nitrogens with zero attached hydrogens (tertiary/aromatic N) is 1. The minimum absolute atomic E-state index is 0.0559. The molecule has 4 rings (SSSR count). The van der Waals surface area contributed by atoms with Crippen molar-refractivity contribution in [2.75, 3.05) is 6.54 Å². The minimum Gasteiger partial charge on any atom is -0.482 e. The first-order chi connectivity index (χ1) is 14.6. The Labute approximate surface area is 177 Å². The summed E-state index contributed by atoms with van der Waals surface area (Å²) < 4.78 is 19.6. The molecule has 2 atom stereocenters. The molecule has 1 saturated heterocycles. The second kappa shape index (κ2) is 9.63. The molecule has 0 bridgehead atoms. The van der Waals surface area contributed by atoms with E-state index in [0.29, 0.717) is 5.56 Å². The van der Waals surface area contributed by atoms with E-state index < -0.39 is 0 Å². The molecule has 0 spiro atoms. The molecule has 1 aromatic rings. The molecule has 2 saturated carbocycles. The fourth-order valence-corrected chi connectivity index (χ4v) is 4.96. The Bertz CT molecular complexity index is 801. The fourth-order valence-electron chi connectivity index (χ4n) is 4.96. The summed E-state index contributed by atoms with van der Waals surface area (Å²) in [6.45, 7) is 0.0559. The van der Waals surface area contributed by atoms with E-state index >= 15 is 0 Å². The number of morpholine rings is 1. The Balaban J connectivity index is 1.50. The fraction of sp³-hybridized carbons (Fsp3) is 0.583. The first-order valence-corrected chi connectivity index (χ1v) is 11.3. The molecule has 0 radical (unpaired) electrons. The number of halogens is 1. The van der Waals surface area contributed by atoms with Crippen LogP contribution in [0.2, 0.25) is 0 Å². The zero-order chi connectivity index (χ0) is 20.9. The average molecular weight is 415 g/mol. The van der Waals surface area contributed by atoms with Crippen LogP contribution in [0, 0.1) is 5.82 Å². The van der Waals surface area contributed by atoms with E-state index in [1.807, 2.05) is 0 Å². The highest BCUT2D eigenvalue weighted by Gasteiger charge is 2.42. The van der Waals surface area contributed by atoms with E-state index in [1.54, 1.807) is 23.1 Å². The van der Waals surface area contributed by atoms with Gasteiger partial charge in [0.25, 0.3) is 5.91 Å². The first kappa shape index (κ1) is 20.9. The molecule has 162 valence electrons. The summed E-state index contributed by atoms with van der Waals surface area (Å²) in [5, 5.41) is 3.15. The van der Waals surface area contributed by atoms with Crippen LogP contribution in [-0.2, 0) is 14.3 Å². The van der Waals surface area contributed by atoms with Crippen molar-refractivity contribution in [1.82, 2.24) is 10.2 Å². The largest absolute Gasteiger partial charge is 0.482 e. The van der Waals surface area contributed by atoms with Crippen LogP contribution in [-0.4, -0.2) is 41.4 Å². The number of hydrogen-bond donors (Lipinski definition) is 1. The first-order valence-electron chi connectivity index (χ1n) is 11.3. The molecule has 2 aliphatic carbocycles. The van der Waals surface area contributed by atoms with Gasteiger partial charge in [0.2, 0.25) is 5.91 Å². The quantitative estimate of drug-likeness (QED) is 0.594. The van der Waals surface area contributed by atoms with Crippen molar-refractivity contribution in [2.24, 2.45) is 0 Å². The molecule has 1 heterocycles. The van der Waals surface area contributed by atoms with Crippen molar-refractivity contribution < 1.29 is 18.7 Å². The van der Waals surface area contributed by atoms with Gasteiger partial charge in [-0.3, -0.25) is 9.59 Å². The molecular formula is C24H31FN2O3. The average Bonchev–Trinajstić information content (AvgIpc) is 3.00. The van der Waals surface area contributed by atoms with Crippen LogP contribution >= 0.6 is 0 Å². The van der Waals surface area contributed by atoms with Crippen molar-refractivity contribution >= 4 is 17.9 Å². The summed E-state index contributed by atoms with van der Waals surface area (Å²) in [6, 6.07) is 6.22. The Morgan fingerprint density at radius 1 is 1.10 bits per heavy atom. The maximum atomic E-state index is 13.6. The third kappa shape index (κ3) is 5.02.